The van der Waals surface area contributed by atoms with Crippen molar-refractivity contribution in [3.05, 3.63) is 22.7 Å². The summed E-state index contributed by atoms with van der Waals surface area (Å²) in [6.45, 7) is 6.74. The van der Waals surface area contributed by atoms with Crippen molar-refractivity contribution < 1.29 is 4.79 Å². The lowest BCUT2D eigenvalue weighted by Crippen LogP contribution is -2.46. The monoisotopic (exact) mass is 282 g/mol. The first-order valence-electron chi connectivity index (χ1n) is 6.39. The van der Waals surface area contributed by atoms with E-state index in [2.05, 4.69) is 16.7 Å². The molecule has 0 bridgehead atoms. The van der Waals surface area contributed by atoms with Crippen LogP contribution in [-0.2, 0) is 0 Å². The molecule has 1 aromatic rings. The third-order valence-electron chi connectivity index (χ3n) is 3.49. The smallest absolute Gasteiger partial charge is 0.250 e. The highest BCUT2D eigenvalue weighted by atomic mass is 35.5. The topological polar surface area (TPSA) is 75.6 Å². The molecule has 0 spiro atoms. The van der Waals surface area contributed by atoms with E-state index in [9.17, 15) is 4.79 Å². The molecule has 0 aliphatic carbocycles. The number of halogens is 1. The summed E-state index contributed by atoms with van der Waals surface area (Å²) in [6, 6.07) is 3.26. The number of likely N-dealkylation sites (N-methyl/N-ethyl adjacent to an activating group) is 1. The highest BCUT2D eigenvalue weighted by Gasteiger charge is 2.22. The molecular formula is C13H19ClN4O. The third-order valence-corrected chi connectivity index (χ3v) is 3.78. The van der Waals surface area contributed by atoms with Gasteiger partial charge in [0.2, 0.25) is 0 Å². The first-order chi connectivity index (χ1) is 9.02. The van der Waals surface area contributed by atoms with Gasteiger partial charge in [0.1, 0.15) is 0 Å². The summed E-state index contributed by atoms with van der Waals surface area (Å²) >= 11 is 6.24. The van der Waals surface area contributed by atoms with Crippen LogP contribution >= 0.6 is 11.6 Å². The number of anilines is 2. The van der Waals surface area contributed by atoms with Gasteiger partial charge in [-0.15, -0.1) is 0 Å². The number of nitrogens with two attached hydrogens (primary N) is 2. The maximum absolute atomic E-state index is 11.6. The zero-order valence-corrected chi connectivity index (χ0v) is 11.8. The van der Waals surface area contributed by atoms with Crippen LogP contribution in [0.3, 0.4) is 0 Å². The lowest BCUT2D eigenvalue weighted by Gasteiger charge is -2.36. The Hall–Kier alpha value is -1.46. The molecule has 4 N–H and O–H groups in total. The largest absolute Gasteiger partial charge is 0.399 e. The van der Waals surface area contributed by atoms with Crippen LogP contribution in [0.25, 0.3) is 0 Å². The minimum atomic E-state index is -0.498. The normalized spacial score (nSPS) is 16.6. The number of nitrogen functional groups attached to an aromatic ring is 1. The van der Waals surface area contributed by atoms with Crippen LogP contribution in [0.1, 0.15) is 17.3 Å². The Balaban J connectivity index is 2.32. The van der Waals surface area contributed by atoms with Crippen molar-refractivity contribution in [3.8, 4) is 0 Å². The molecule has 0 radical (unpaired) electrons. The fourth-order valence-electron chi connectivity index (χ4n) is 2.42. The van der Waals surface area contributed by atoms with Crippen molar-refractivity contribution in [1.82, 2.24) is 4.90 Å². The molecule has 0 saturated carbocycles. The second-order valence-corrected chi connectivity index (χ2v) is 5.09. The Morgan fingerprint density at radius 1 is 1.32 bits per heavy atom. The lowest BCUT2D eigenvalue weighted by molar-refractivity contribution is 0.100. The van der Waals surface area contributed by atoms with Gasteiger partial charge in [0.15, 0.2) is 0 Å². The van der Waals surface area contributed by atoms with E-state index in [1.54, 1.807) is 12.1 Å². The lowest BCUT2D eigenvalue weighted by atomic mass is 10.1. The van der Waals surface area contributed by atoms with Gasteiger partial charge in [-0.3, -0.25) is 4.79 Å². The number of hydrogen-bond donors (Lipinski definition) is 2. The van der Waals surface area contributed by atoms with Crippen LogP contribution < -0.4 is 16.4 Å². The summed E-state index contributed by atoms with van der Waals surface area (Å²) < 4.78 is 0. The number of hydrogen-bond acceptors (Lipinski definition) is 4. The predicted octanol–water partition coefficient (Wildman–Crippen LogP) is 1.16. The number of piperazine rings is 1. The highest BCUT2D eigenvalue weighted by Crippen LogP contribution is 2.33. The zero-order valence-electron chi connectivity index (χ0n) is 11.0. The number of nitrogens with zero attached hydrogens (tertiary/aromatic N) is 2. The first kappa shape index (κ1) is 14.0. The van der Waals surface area contributed by atoms with Gasteiger partial charge >= 0.3 is 0 Å². The number of carbonyl (C=O) groups is 1. The first-order valence-corrected chi connectivity index (χ1v) is 6.76. The molecular weight excluding hydrogens is 264 g/mol. The molecule has 104 valence electrons. The van der Waals surface area contributed by atoms with Crippen molar-refractivity contribution in [2.45, 2.75) is 6.92 Å². The quantitative estimate of drug-likeness (QED) is 0.816. The van der Waals surface area contributed by atoms with Gasteiger partial charge in [0.25, 0.3) is 5.91 Å². The average molecular weight is 283 g/mol. The molecule has 1 aliphatic rings. The maximum Gasteiger partial charge on any atom is 0.250 e. The van der Waals surface area contributed by atoms with Gasteiger partial charge in [0.05, 0.1) is 16.3 Å². The summed E-state index contributed by atoms with van der Waals surface area (Å²) in [6.07, 6.45) is 0. The molecule has 0 aromatic heterocycles. The predicted molar refractivity (Wildman–Crippen MR) is 78.7 cm³/mol. The number of carbonyl (C=O) groups excluding carboxylic acids is 1. The van der Waals surface area contributed by atoms with E-state index in [1.165, 1.54) is 0 Å². The van der Waals surface area contributed by atoms with E-state index in [1.807, 2.05) is 0 Å². The van der Waals surface area contributed by atoms with E-state index >= 15 is 0 Å². The molecule has 1 aromatic carbocycles. The molecule has 1 heterocycles. The van der Waals surface area contributed by atoms with E-state index in [4.69, 9.17) is 23.1 Å². The Labute approximate surface area is 118 Å². The van der Waals surface area contributed by atoms with E-state index < -0.39 is 5.91 Å². The van der Waals surface area contributed by atoms with Crippen LogP contribution in [0.2, 0.25) is 5.02 Å². The third kappa shape index (κ3) is 2.93. The van der Waals surface area contributed by atoms with E-state index in [-0.39, 0.29) is 0 Å². The zero-order chi connectivity index (χ0) is 14.0. The molecule has 0 unspecified atom stereocenters. The summed E-state index contributed by atoms with van der Waals surface area (Å²) in [5, 5.41) is 0.485. The van der Waals surface area contributed by atoms with Gasteiger partial charge in [-0.1, -0.05) is 18.5 Å². The highest BCUT2D eigenvalue weighted by molar-refractivity contribution is 6.34. The molecule has 5 nitrogen and oxygen atoms in total. The molecule has 1 amide bonds. The molecule has 1 fully saturated rings. The average Bonchev–Trinajstić information content (AvgIpc) is 2.38. The maximum atomic E-state index is 11.6. The number of benzene rings is 1. The number of rotatable bonds is 3. The summed E-state index contributed by atoms with van der Waals surface area (Å²) in [4.78, 5) is 16.0. The van der Waals surface area contributed by atoms with Crippen molar-refractivity contribution in [2.24, 2.45) is 5.73 Å². The molecule has 19 heavy (non-hydrogen) atoms. The Morgan fingerprint density at radius 3 is 2.47 bits per heavy atom. The summed E-state index contributed by atoms with van der Waals surface area (Å²) in [5.74, 6) is -0.498. The molecule has 1 saturated heterocycles. The second-order valence-electron chi connectivity index (χ2n) is 4.68. The fourth-order valence-corrected chi connectivity index (χ4v) is 2.76. The second kappa shape index (κ2) is 5.67. The standard InChI is InChI=1S/C13H19ClN4O/c1-2-17-3-5-18(6-4-17)12-10(13(16)19)7-9(15)8-11(12)14/h7-8H,2-6,15H2,1H3,(H2,16,19). The molecule has 0 atom stereocenters. The Bertz CT molecular complexity index is 484. The van der Waals surface area contributed by atoms with E-state index in [0.717, 1.165) is 32.7 Å². The van der Waals surface area contributed by atoms with Crippen LogP contribution in [0, 0.1) is 0 Å². The van der Waals surface area contributed by atoms with Crippen LogP contribution in [-0.4, -0.2) is 43.5 Å². The fraction of sp³-hybridized carbons (Fsp3) is 0.462. The molecule has 6 heteroatoms. The minimum absolute atomic E-state index is 0.398. The Kier molecular flexibility index (Phi) is 4.17. The number of amides is 1. The van der Waals surface area contributed by atoms with E-state index in [0.29, 0.717) is 22.0 Å². The number of primary amides is 1. The summed E-state index contributed by atoms with van der Waals surface area (Å²) in [5.41, 5.74) is 12.7. The van der Waals surface area contributed by atoms with Crippen LogP contribution in [0.15, 0.2) is 12.1 Å². The SMILES string of the molecule is CCN1CCN(c2c(Cl)cc(N)cc2C(N)=O)CC1. The summed E-state index contributed by atoms with van der Waals surface area (Å²) in [7, 11) is 0. The molecule has 1 aliphatic heterocycles. The van der Waals surface area contributed by atoms with Crippen molar-refractivity contribution in [2.75, 3.05) is 43.4 Å². The van der Waals surface area contributed by atoms with Gasteiger partial charge in [-0.25, -0.2) is 0 Å². The molecule has 2 rings (SSSR count). The minimum Gasteiger partial charge on any atom is -0.399 e. The van der Waals surface area contributed by atoms with Crippen molar-refractivity contribution in [3.63, 3.8) is 0 Å². The van der Waals surface area contributed by atoms with Gasteiger partial charge in [0, 0.05) is 31.9 Å². The van der Waals surface area contributed by atoms with Crippen LogP contribution in [0.4, 0.5) is 11.4 Å². The van der Waals surface area contributed by atoms with Gasteiger partial charge in [-0.05, 0) is 18.7 Å². The van der Waals surface area contributed by atoms with Crippen molar-refractivity contribution in [1.29, 1.82) is 0 Å². The van der Waals surface area contributed by atoms with Crippen LogP contribution in [0.5, 0.6) is 0 Å². The van der Waals surface area contributed by atoms with Gasteiger partial charge < -0.3 is 21.3 Å². The van der Waals surface area contributed by atoms with Gasteiger partial charge in [-0.2, -0.15) is 0 Å². The Morgan fingerprint density at radius 2 is 1.95 bits per heavy atom. The van der Waals surface area contributed by atoms with Crippen molar-refractivity contribution >= 4 is 28.9 Å².